The molecule has 0 saturated heterocycles. The minimum Gasteiger partial charge on any atom is -0.497 e. The molecular formula is C27H25N3O5. The molecule has 8 nitrogen and oxygen atoms in total. The van der Waals surface area contributed by atoms with Crippen molar-refractivity contribution in [1.29, 1.82) is 0 Å². The van der Waals surface area contributed by atoms with Crippen LogP contribution in [-0.4, -0.2) is 37.2 Å². The molecule has 0 aliphatic carbocycles. The zero-order chi connectivity index (χ0) is 24.6. The Kier molecular flexibility index (Phi) is 7.42. The Morgan fingerprint density at radius 1 is 0.800 bits per heavy atom. The maximum absolute atomic E-state index is 12.9. The third-order valence-corrected chi connectivity index (χ3v) is 5.27. The number of hydrogen-bond donors (Lipinski definition) is 1. The van der Waals surface area contributed by atoms with Gasteiger partial charge < -0.3 is 24.3 Å². The lowest BCUT2D eigenvalue weighted by molar-refractivity contribution is 0.0950. The summed E-state index contributed by atoms with van der Waals surface area (Å²) in [7, 11) is 4.79. The minimum atomic E-state index is -0.222. The van der Waals surface area contributed by atoms with E-state index in [-0.39, 0.29) is 12.5 Å². The number of carbonyl (C=O) groups excluding carboxylic acids is 1. The molecular weight excluding hydrogens is 446 g/mol. The van der Waals surface area contributed by atoms with Crippen LogP contribution >= 0.6 is 0 Å². The van der Waals surface area contributed by atoms with Gasteiger partial charge in [0.25, 0.3) is 5.91 Å². The summed E-state index contributed by atoms with van der Waals surface area (Å²) >= 11 is 0. The quantitative estimate of drug-likeness (QED) is 0.372. The number of nitrogens with one attached hydrogen (secondary N) is 1. The van der Waals surface area contributed by atoms with Crippen molar-refractivity contribution in [2.45, 2.75) is 6.54 Å². The third-order valence-electron chi connectivity index (χ3n) is 5.27. The molecule has 1 heterocycles. The van der Waals surface area contributed by atoms with Crippen LogP contribution in [0.3, 0.4) is 0 Å². The van der Waals surface area contributed by atoms with Gasteiger partial charge in [-0.25, -0.2) is 9.97 Å². The molecule has 0 fully saturated rings. The molecule has 4 aromatic rings. The SMILES string of the molecule is COc1ccc(Oc2cc(-c3cccc(C(=O)NCc4cc(OC)ccc4OC)c3)ncn2)cc1. The topological polar surface area (TPSA) is 91.8 Å². The monoisotopic (exact) mass is 471 g/mol. The lowest BCUT2D eigenvalue weighted by atomic mass is 10.1. The Morgan fingerprint density at radius 2 is 1.54 bits per heavy atom. The fourth-order valence-corrected chi connectivity index (χ4v) is 3.44. The highest BCUT2D eigenvalue weighted by Gasteiger charge is 2.11. The fourth-order valence-electron chi connectivity index (χ4n) is 3.44. The second-order valence-electron chi connectivity index (χ2n) is 7.46. The van der Waals surface area contributed by atoms with Gasteiger partial charge in [0.1, 0.15) is 29.3 Å². The van der Waals surface area contributed by atoms with E-state index in [1.807, 2.05) is 30.3 Å². The molecule has 35 heavy (non-hydrogen) atoms. The van der Waals surface area contributed by atoms with Crippen LogP contribution in [-0.2, 0) is 6.54 Å². The zero-order valence-corrected chi connectivity index (χ0v) is 19.6. The van der Waals surface area contributed by atoms with E-state index in [0.717, 1.165) is 16.9 Å². The molecule has 1 amide bonds. The number of carbonyl (C=O) groups is 1. The number of nitrogens with zero attached hydrogens (tertiary/aromatic N) is 2. The summed E-state index contributed by atoms with van der Waals surface area (Å²) in [6.07, 6.45) is 1.43. The van der Waals surface area contributed by atoms with Crippen LogP contribution in [0.25, 0.3) is 11.3 Å². The van der Waals surface area contributed by atoms with Crippen molar-refractivity contribution in [2.24, 2.45) is 0 Å². The van der Waals surface area contributed by atoms with Crippen molar-refractivity contribution in [3.8, 4) is 40.1 Å². The molecule has 0 radical (unpaired) electrons. The molecule has 0 atom stereocenters. The smallest absolute Gasteiger partial charge is 0.251 e. The number of ether oxygens (including phenoxy) is 4. The minimum absolute atomic E-state index is 0.222. The molecule has 1 N–H and O–H groups in total. The number of hydrogen-bond acceptors (Lipinski definition) is 7. The number of amides is 1. The summed E-state index contributed by atoms with van der Waals surface area (Å²) in [4.78, 5) is 21.4. The van der Waals surface area contributed by atoms with Gasteiger partial charge in [-0.2, -0.15) is 0 Å². The van der Waals surface area contributed by atoms with Crippen LogP contribution < -0.4 is 24.3 Å². The Hall–Kier alpha value is -4.59. The van der Waals surface area contributed by atoms with Gasteiger partial charge in [-0.1, -0.05) is 12.1 Å². The summed E-state index contributed by atoms with van der Waals surface area (Å²) in [6, 6.07) is 21.6. The summed E-state index contributed by atoms with van der Waals surface area (Å²) < 4.78 is 21.7. The van der Waals surface area contributed by atoms with E-state index < -0.39 is 0 Å². The van der Waals surface area contributed by atoms with Crippen molar-refractivity contribution in [3.05, 3.63) is 90.3 Å². The predicted octanol–water partition coefficient (Wildman–Crippen LogP) is 4.89. The average Bonchev–Trinajstić information content (AvgIpc) is 2.92. The molecule has 0 aliphatic heterocycles. The molecule has 8 heteroatoms. The molecule has 1 aromatic heterocycles. The first kappa shape index (κ1) is 23.6. The van der Waals surface area contributed by atoms with Gasteiger partial charge in [-0.15, -0.1) is 0 Å². The van der Waals surface area contributed by atoms with Gasteiger partial charge in [-0.05, 0) is 54.6 Å². The summed E-state index contributed by atoms with van der Waals surface area (Å²) in [5.74, 6) is 2.89. The van der Waals surface area contributed by atoms with Crippen LogP contribution in [0.5, 0.6) is 28.9 Å². The highest BCUT2D eigenvalue weighted by atomic mass is 16.5. The van der Waals surface area contributed by atoms with Crippen molar-refractivity contribution >= 4 is 5.91 Å². The molecule has 0 spiro atoms. The number of aromatic nitrogens is 2. The first-order valence-corrected chi connectivity index (χ1v) is 10.8. The van der Waals surface area contributed by atoms with Crippen LogP contribution in [0, 0.1) is 0 Å². The predicted molar refractivity (Wildman–Crippen MR) is 131 cm³/mol. The number of methoxy groups -OCH3 is 3. The van der Waals surface area contributed by atoms with Gasteiger partial charge in [0.05, 0.1) is 27.0 Å². The highest BCUT2D eigenvalue weighted by Crippen LogP contribution is 2.26. The van der Waals surface area contributed by atoms with Gasteiger partial charge in [0.2, 0.25) is 5.88 Å². The molecule has 3 aromatic carbocycles. The summed E-state index contributed by atoms with van der Waals surface area (Å²) in [6.45, 7) is 0.288. The maximum Gasteiger partial charge on any atom is 0.251 e. The first-order chi connectivity index (χ1) is 17.1. The number of benzene rings is 3. The van der Waals surface area contributed by atoms with Crippen molar-refractivity contribution < 1.29 is 23.7 Å². The Morgan fingerprint density at radius 3 is 2.29 bits per heavy atom. The maximum atomic E-state index is 12.9. The first-order valence-electron chi connectivity index (χ1n) is 10.8. The zero-order valence-electron chi connectivity index (χ0n) is 19.6. The van der Waals surface area contributed by atoms with Gasteiger partial charge in [0, 0.05) is 29.3 Å². The second-order valence-corrected chi connectivity index (χ2v) is 7.46. The molecule has 0 bridgehead atoms. The van der Waals surface area contributed by atoms with E-state index in [9.17, 15) is 4.79 Å². The van der Waals surface area contributed by atoms with E-state index >= 15 is 0 Å². The average molecular weight is 472 g/mol. The standard InChI is InChI=1S/C27H25N3O5/c1-32-21-7-9-22(10-8-21)35-26-15-24(29-17-30-26)18-5-4-6-19(13-18)27(31)28-16-20-14-23(33-2)11-12-25(20)34-3/h4-15,17H,16H2,1-3H3,(H,28,31). The van der Waals surface area contributed by atoms with E-state index in [1.54, 1.807) is 63.8 Å². The van der Waals surface area contributed by atoms with Crippen LogP contribution in [0.1, 0.15) is 15.9 Å². The summed E-state index contributed by atoms with van der Waals surface area (Å²) in [5.41, 5.74) is 2.71. The number of rotatable bonds is 9. The van der Waals surface area contributed by atoms with Crippen LogP contribution in [0.15, 0.2) is 79.1 Å². The molecule has 0 unspecified atom stereocenters. The van der Waals surface area contributed by atoms with Crippen LogP contribution in [0.2, 0.25) is 0 Å². The van der Waals surface area contributed by atoms with Gasteiger partial charge in [-0.3, -0.25) is 4.79 Å². The summed E-state index contributed by atoms with van der Waals surface area (Å²) in [5, 5.41) is 2.93. The van der Waals surface area contributed by atoms with E-state index in [2.05, 4.69) is 15.3 Å². The second kappa shape index (κ2) is 11.0. The molecule has 0 aliphatic rings. The van der Waals surface area contributed by atoms with E-state index in [1.165, 1.54) is 6.33 Å². The lowest BCUT2D eigenvalue weighted by Gasteiger charge is -2.12. The largest absolute Gasteiger partial charge is 0.497 e. The van der Waals surface area contributed by atoms with Crippen LogP contribution in [0.4, 0.5) is 0 Å². The molecule has 178 valence electrons. The molecule has 0 saturated carbocycles. The fraction of sp³-hybridized carbons (Fsp3) is 0.148. The molecule has 4 rings (SSSR count). The Bertz CT molecular complexity index is 1310. The highest BCUT2D eigenvalue weighted by molar-refractivity contribution is 5.95. The van der Waals surface area contributed by atoms with E-state index in [4.69, 9.17) is 18.9 Å². The van der Waals surface area contributed by atoms with Crippen molar-refractivity contribution in [2.75, 3.05) is 21.3 Å². The van der Waals surface area contributed by atoms with Crippen molar-refractivity contribution in [1.82, 2.24) is 15.3 Å². The Labute approximate surface area is 203 Å². The van der Waals surface area contributed by atoms with Gasteiger partial charge in [0.15, 0.2) is 0 Å². The van der Waals surface area contributed by atoms with E-state index in [0.29, 0.717) is 34.4 Å². The Balaban J connectivity index is 1.48. The third kappa shape index (κ3) is 5.86. The normalized spacial score (nSPS) is 10.4. The van der Waals surface area contributed by atoms with Crippen molar-refractivity contribution in [3.63, 3.8) is 0 Å². The lowest BCUT2D eigenvalue weighted by Crippen LogP contribution is -2.23. The van der Waals surface area contributed by atoms with Gasteiger partial charge >= 0.3 is 0 Å².